The Bertz CT molecular complexity index is 401. The summed E-state index contributed by atoms with van der Waals surface area (Å²) < 4.78 is 0. The van der Waals surface area contributed by atoms with Crippen molar-refractivity contribution in [2.24, 2.45) is 0 Å². The van der Waals surface area contributed by atoms with E-state index in [4.69, 9.17) is 11.6 Å². The standard InChI is InChI=1S/C11H15ClN2OS/c1-3-14(8-4-13-5-8)11(15)10-9(12)7(2)6-16-10/h6,8,13H,3-5H2,1-2H3. The summed E-state index contributed by atoms with van der Waals surface area (Å²) in [7, 11) is 0. The van der Waals surface area contributed by atoms with Crippen LogP contribution in [0.5, 0.6) is 0 Å². The van der Waals surface area contributed by atoms with Gasteiger partial charge in [-0.25, -0.2) is 0 Å². The first kappa shape index (κ1) is 11.9. The lowest BCUT2D eigenvalue weighted by atomic mass is 10.1. The molecule has 3 nitrogen and oxygen atoms in total. The number of rotatable bonds is 3. The lowest BCUT2D eigenvalue weighted by Gasteiger charge is -2.37. The molecule has 2 rings (SSSR count). The second-order valence-corrected chi connectivity index (χ2v) is 5.22. The average molecular weight is 259 g/mol. The maximum Gasteiger partial charge on any atom is 0.265 e. The molecule has 1 saturated heterocycles. The van der Waals surface area contributed by atoms with Gasteiger partial charge in [0.15, 0.2) is 0 Å². The van der Waals surface area contributed by atoms with Gasteiger partial charge >= 0.3 is 0 Å². The van der Waals surface area contributed by atoms with Crippen molar-refractivity contribution in [1.82, 2.24) is 10.2 Å². The Morgan fingerprint density at radius 3 is 2.75 bits per heavy atom. The van der Waals surface area contributed by atoms with Crippen LogP contribution in [-0.2, 0) is 0 Å². The molecule has 88 valence electrons. The van der Waals surface area contributed by atoms with E-state index >= 15 is 0 Å². The molecule has 0 saturated carbocycles. The zero-order chi connectivity index (χ0) is 11.7. The van der Waals surface area contributed by atoms with E-state index in [9.17, 15) is 4.79 Å². The third kappa shape index (κ3) is 1.97. The maximum absolute atomic E-state index is 12.3. The molecule has 1 N–H and O–H groups in total. The van der Waals surface area contributed by atoms with Gasteiger partial charge in [-0.15, -0.1) is 11.3 Å². The topological polar surface area (TPSA) is 32.3 Å². The zero-order valence-corrected chi connectivity index (χ0v) is 11.0. The molecule has 0 aliphatic carbocycles. The normalized spacial score (nSPS) is 15.9. The molecule has 2 heterocycles. The number of aryl methyl sites for hydroxylation is 1. The Morgan fingerprint density at radius 1 is 1.69 bits per heavy atom. The van der Waals surface area contributed by atoms with E-state index in [2.05, 4.69) is 5.32 Å². The minimum absolute atomic E-state index is 0.0668. The highest BCUT2D eigenvalue weighted by atomic mass is 35.5. The van der Waals surface area contributed by atoms with E-state index in [1.165, 1.54) is 11.3 Å². The van der Waals surface area contributed by atoms with Crippen LogP contribution < -0.4 is 5.32 Å². The molecule has 1 aliphatic rings. The summed E-state index contributed by atoms with van der Waals surface area (Å²) in [6.07, 6.45) is 0. The molecule has 0 aromatic carbocycles. The molecule has 0 spiro atoms. The van der Waals surface area contributed by atoms with E-state index in [0.29, 0.717) is 15.9 Å². The number of halogens is 1. The van der Waals surface area contributed by atoms with Gasteiger partial charge in [0.2, 0.25) is 0 Å². The molecule has 0 atom stereocenters. The summed E-state index contributed by atoms with van der Waals surface area (Å²) in [5.41, 5.74) is 0.984. The smallest absolute Gasteiger partial charge is 0.265 e. The third-order valence-corrected chi connectivity index (χ3v) is 4.58. The number of hydrogen-bond acceptors (Lipinski definition) is 3. The fourth-order valence-electron chi connectivity index (χ4n) is 1.77. The van der Waals surface area contributed by atoms with Crippen LogP contribution in [0.2, 0.25) is 5.02 Å². The molecule has 5 heteroatoms. The van der Waals surface area contributed by atoms with Crippen molar-refractivity contribution in [3.05, 3.63) is 20.8 Å². The molecule has 1 aromatic rings. The van der Waals surface area contributed by atoms with Gasteiger partial charge in [0.25, 0.3) is 5.91 Å². The van der Waals surface area contributed by atoms with Crippen molar-refractivity contribution in [1.29, 1.82) is 0 Å². The van der Waals surface area contributed by atoms with Crippen LogP contribution in [0.3, 0.4) is 0 Å². The minimum atomic E-state index is 0.0668. The van der Waals surface area contributed by atoms with E-state index in [0.717, 1.165) is 25.2 Å². The van der Waals surface area contributed by atoms with Crippen LogP contribution in [0.25, 0.3) is 0 Å². The number of thiophene rings is 1. The van der Waals surface area contributed by atoms with Crippen LogP contribution >= 0.6 is 22.9 Å². The lowest BCUT2D eigenvalue weighted by molar-refractivity contribution is 0.0635. The number of carbonyl (C=O) groups excluding carboxylic acids is 1. The molecule has 1 aliphatic heterocycles. The second kappa shape index (κ2) is 4.73. The van der Waals surface area contributed by atoms with Gasteiger partial charge in [-0.2, -0.15) is 0 Å². The average Bonchev–Trinajstić information content (AvgIpc) is 2.52. The van der Waals surface area contributed by atoms with E-state index in [-0.39, 0.29) is 5.91 Å². The Hall–Kier alpha value is -0.580. The number of likely N-dealkylation sites (N-methyl/N-ethyl adjacent to an activating group) is 1. The molecule has 0 bridgehead atoms. The van der Waals surface area contributed by atoms with E-state index in [1.807, 2.05) is 24.1 Å². The predicted octanol–water partition coefficient (Wildman–Crippen LogP) is 2.14. The van der Waals surface area contributed by atoms with Crippen molar-refractivity contribution in [2.45, 2.75) is 19.9 Å². The van der Waals surface area contributed by atoms with Gasteiger partial charge in [-0.1, -0.05) is 11.6 Å². The summed E-state index contributed by atoms with van der Waals surface area (Å²) >= 11 is 7.55. The first-order valence-corrected chi connectivity index (χ1v) is 6.66. The quantitative estimate of drug-likeness (QED) is 0.901. The van der Waals surface area contributed by atoms with Gasteiger partial charge in [0.05, 0.1) is 11.1 Å². The highest BCUT2D eigenvalue weighted by molar-refractivity contribution is 7.13. The van der Waals surface area contributed by atoms with Crippen LogP contribution in [0, 0.1) is 6.92 Å². The number of carbonyl (C=O) groups is 1. The SMILES string of the molecule is CCN(C(=O)c1scc(C)c1Cl)C1CNC1. The van der Waals surface area contributed by atoms with Crippen molar-refractivity contribution in [2.75, 3.05) is 19.6 Å². The molecule has 0 unspecified atom stereocenters. The van der Waals surface area contributed by atoms with Crippen LogP contribution in [-0.4, -0.2) is 36.5 Å². The minimum Gasteiger partial charge on any atom is -0.333 e. The number of hydrogen-bond donors (Lipinski definition) is 1. The van der Waals surface area contributed by atoms with Crippen molar-refractivity contribution in [3.8, 4) is 0 Å². The Labute approximate surface area is 104 Å². The fourth-order valence-corrected chi connectivity index (χ4v) is 2.99. The van der Waals surface area contributed by atoms with Gasteiger partial charge in [0.1, 0.15) is 4.88 Å². The van der Waals surface area contributed by atoms with Gasteiger partial charge in [0, 0.05) is 19.6 Å². The summed E-state index contributed by atoms with van der Waals surface area (Å²) in [5.74, 6) is 0.0668. The molecular formula is C11H15ClN2OS. The third-order valence-electron chi connectivity index (χ3n) is 2.90. The summed E-state index contributed by atoms with van der Waals surface area (Å²) in [6.45, 7) is 6.45. The number of nitrogens with zero attached hydrogens (tertiary/aromatic N) is 1. The first-order chi connectivity index (χ1) is 7.65. The Balaban J connectivity index is 2.19. The van der Waals surface area contributed by atoms with Crippen LogP contribution in [0.15, 0.2) is 5.38 Å². The molecule has 1 amide bonds. The van der Waals surface area contributed by atoms with E-state index < -0.39 is 0 Å². The van der Waals surface area contributed by atoms with Gasteiger partial charge in [-0.3, -0.25) is 4.79 Å². The van der Waals surface area contributed by atoms with Crippen LogP contribution in [0.1, 0.15) is 22.2 Å². The largest absolute Gasteiger partial charge is 0.333 e. The Morgan fingerprint density at radius 2 is 2.38 bits per heavy atom. The molecule has 0 radical (unpaired) electrons. The highest BCUT2D eigenvalue weighted by Gasteiger charge is 2.29. The Kier molecular flexibility index (Phi) is 3.52. The number of nitrogens with one attached hydrogen (secondary N) is 1. The maximum atomic E-state index is 12.3. The summed E-state index contributed by atoms with van der Waals surface area (Å²) in [5, 5.41) is 5.72. The first-order valence-electron chi connectivity index (χ1n) is 5.40. The van der Waals surface area contributed by atoms with Crippen molar-refractivity contribution >= 4 is 28.8 Å². The predicted molar refractivity (Wildman–Crippen MR) is 67.4 cm³/mol. The van der Waals surface area contributed by atoms with Gasteiger partial charge in [-0.05, 0) is 24.8 Å². The lowest BCUT2D eigenvalue weighted by Crippen LogP contribution is -2.58. The summed E-state index contributed by atoms with van der Waals surface area (Å²) in [6, 6.07) is 0.330. The van der Waals surface area contributed by atoms with Gasteiger partial charge < -0.3 is 10.2 Å². The number of amides is 1. The molecule has 1 aromatic heterocycles. The fraction of sp³-hybridized carbons (Fsp3) is 0.545. The summed E-state index contributed by atoms with van der Waals surface area (Å²) in [4.78, 5) is 14.8. The van der Waals surface area contributed by atoms with Crippen LogP contribution in [0.4, 0.5) is 0 Å². The zero-order valence-electron chi connectivity index (χ0n) is 9.42. The van der Waals surface area contributed by atoms with E-state index in [1.54, 1.807) is 0 Å². The van der Waals surface area contributed by atoms with Crippen molar-refractivity contribution in [3.63, 3.8) is 0 Å². The second-order valence-electron chi connectivity index (χ2n) is 3.97. The molecule has 1 fully saturated rings. The molecular weight excluding hydrogens is 244 g/mol. The monoisotopic (exact) mass is 258 g/mol. The highest BCUT2D eigenvalue weighted by Crippen LogP contribution is 2.29. The van der Waals surface area contributed by atoms with Crippen molar-refractivity contribution < 1.29 is 4.79 Å². The molecule has 16 heavy (non-hydrogen) atoms.